The third-order valence-corrected chi connectivity index (χ3v) is 2.97. The van der Waals surface area contributed by atoms with E-state index in [1.807, 2.05) is 7.05 Å². The van der Waals surface area contributed by atoms with Gasteiger partial charge in [0.2, 0.25) is 0 Å². The van der Waals surface area contributed by atoms with E-state index in [0.717, 1.165) is 0 Å². The Morgan fingerprint density at radius 3 is 2.47 bits per heavy atom. The quantitative estimate of drug-likeness (QED) is 0.776. The third kappa shape index (κ3) is 2.56. The Balaban J connectivity index is 2.57. The molecular formula is C16H19N. The number of rotatable bonds is 3. The minimum Gasteiger partial charge on any atom is -0.310 e. The Morgan fingerprint density at radius 1 is 1.06 bits per heavy atom. The highest BCUT2D eigenvalue weighted by atomic mass is 14.9. The zero-order valence-corrected chi connectivity index (χ0v) is 10.7. The maximum Gasteiger partial charge on any atom is 0.0512 e. The summed E-state index contributed by atoms with van der Waals surface area (Å²) in [4.78, 5) is 0. The van der Waals surface area contributed by atoms with Gasteiger partial charge in [-0.05, 0) is 37.2 Å². The van der Waals surface area contributed by atoms with Gasteiger partial charge in [0, 0.05) is 0 Å². The van der Waals surface area contributed by atoms with Crippen LogP contribution in [0.3, 0.4) is 0 Å². The molecule has 1 atom stereocenters. The highest BCUT2D eigenvalue weighted by Crippen LogP contribution is 2.25. The first kappa shape index (κ1) is 11.9. The van der Waals surface area contributed by atoms with Crippen LogP contribution in [0.25, 0.3) is 10.8 Å². The van der Waals surface area contributed by atoms with Crippen LogP contribution < -0.4 is 5.32 Å². The predicted molar refractivity (Wildman–Crippen MR) is 75.2 cm³/mol. The van der Waals surface area contributed by atoms with Crippen LogP contribution in [-0.2, 0) is 0 Å². The van der Waals surface area contributed by atoms with Crippen molar-refractivity contribution in [3.05, 3.63) is 59.7 Å². The van der Waals surface area contributed by atoms with E-state index in [9.17, 15) is 0 Å². The number of allylic oxidation sites excluding steroid dienone is 1. The molecular weight excluding hydrogens is 206 g/mol. The summed E-state index contributed by atoms with van der Waals surface area (Å²) in [7, 11) is 2.01. The van der Waals surface area contributed by atoms with Crippen molar-refractivity contribution in [1.29, 1.82) is 0 Å². The van der Waals surface area contributed by atoms with Crippen LogP contribution in [0.4, 0.5) is 0 Å². The molecule has 2 aromatic carbocycles. The summed E-state index contributed by atoms with van der Waals surface area (Å²) < 4.78 is 0. The van der Waals surface area contributed by atoms with E-state index in [1.165, 1.54) is 21.9 Å². The molecule has 0 radical (unpaired) electrons. The van der Waals surface area contributed by atoms with Crippen LogP contribution >= 0.6 is 0 Å². The second-order valence-electron chi connectivity index (χ2n) is 4.58. The lowest BCUT2D eigenvalue weighted by molar-refractivity contribution is 0.715. The van der Waals surface area contributed by atoms with E-state index in [1.54, 1.807) is 0 Å². The van der Waals surface area contributed by atoms with Crippen molar-refractivity contribution in [2.45, 2.75) is 19.9 Å². The Labute approximate surface area is 103 Å². The van der Waals surface area contributed by atoms with E-state index in [-0.39, 0.29) is 6.04 Å². The van der Waals surface area contributed by atoms with E-state index >= 15 is 0 Å². The summed E-state index contributed by atoms with van der Waals surface area (Å²) in [5.41, 5.74) is 2.67. The molecule has 0 aromatic heterocycles. The summed E-state index contributed by atoms with van der Waals surface area (Å²) in [6.07, 6.45) is 2.27. The zero-order chi connectivity index (χ0) is 12.3. The van der Waals surface area contributed by atoms with Gasteiger partial charge in [0.15, 0.2) is 0 Å². The Bertz CT molecular complexity index is 531. The molecule has 0 aliphatic rings. The monoisotopic (exact) mass is 225 g/mol. The highest BCUT2D eigenvalue weighted by molar-refractivity contribution is 5.86. The van der Waals surface area contributed by atoms with Crippen LogP contribution in [0.15, 0.2) is 54.1 Å². The molecule has 0 fully saturated rings. The third-order valence-electron chi connectivity index (χ3n) is 2.97. The molecule has 2 rings (SSSR count). The van der Waals surface area contributed by atoms with Crippen molar-refractivity contribution >= 4 is 10.8 Å². The summed E-state index contributed by atoms with van der Waals surface area (Å²) in [6.45, 7) is 4.27. The second kappa shape index (κ2) is 5.15. The minimum atomic E-state index is 0.283. The van der Waals surface area contributed by atoms with Gasteiger partial charge in [0.25, 0.3) is 0 Å². The average molecular weight is 225 g/mol. The molecule has 0 heterocycles. The Hall–Kier alpha value is -1.60. The number of benzene rings is 2. The molecule has 1 nitrogen and oxygen atoms in total. The maximum atomic E-state index is 3.37. The molecule has 1 unspecified atom stereocenters. The fraction of sp³-hybridized carbons (Fsp3) is 0.250. The fourth-order valence-corrected chi connectivity index (χ4v) is 2.18. The van der Waals surface area contributed by atoms with Gasteiger partial charge in [-0.25, -0.2) is 0 Å². The Kier molecular flexibility index (Phi) is 3.60. The highest BCUT2D eigenvalue weighted by Gasteiger charge is 2.08. The molecule has 0 aliphatic heterocycles. The normalized spacial score (nSPS) is 12.4. The van der Waals surface area contributed by atoms with E-state index < -0.39 is 0 Å². The standard InChI is InChI=1S/C16H19N/c1-12(2)11-16(17-3)15-10-6-8-13-7-4-5-9-14(13)15/h4-11,16-17H,1-3H3. The smallest absolute Gasteiger partial charge is 0.0512 e. The number of fused-ring (bicyclic) bond motifs is 1. The van der Waals surface area contributed by atoms with Gasteiger partial charge >= 0.3 is 0 Å². The minimum absolute atomic E-state index is 0.283. The predicted octanol–water partition coefficient (Wildman–Crippen LogP) is 4.07. The summed E-state index contributed by atoms with van der Waals surface area (Å²) in [5.74, 6) is 0. The molecule has 0 spiro atoms. The van der Waals surface area contributed by atoms with Gasteiger partial charge in [-0.15, -0.1) is 0 Å². The van der Waals surface area contributed by atoms with E-state index in [2.05, 4.69) is 67.7 Å². The van der Waals surface area contributed by atoms with Crippen molar-refractivity contribution in [1.82, 2.24) is 5.32 Å². The van der Waals surface area contributed by atoms with E-state index in [0.29, 0.717) is 0 Å². The van der Waals surface area contributed by atoms with Gasteiger partial charge in [-0.1, -0.05) is 54.1 Å². The van der Waals surface area contributed by atoms with Gasteiger partial charge in [0.05, 0.1) is 6.04 Å². The topological polar surface area (TPSA) is 12.0 Å². The number of nitrogens with one attached hydrogen (secondary N) is 1. The first-order chi connectivity index (χ1) is 8.22. The molecule has 1 N–H and O–H groups in total. The van der Waals surface area contributed by atoms with Crippen molar-refractivity contribution in [3.8, 4) is 0 Å². The summed E-state index contributed by atoms with van der Waals surface area (Å²) in [6, 6.07) is 15.3. The maximum absolute atomic E-state index is 3.37. The molecule has 0 saturated heterocycles. The van der Waals surface area contributed by atoms with Gasteiger partial charge in [-0.3, -0.25) is 0 Å². The lowest BCUT2D eigenvalue weighted by atomic mass is 9.97. The van der Waals surface area contributed by atoms with Gasteiger partial charge < -0.3 is 5.32 Å². The molecule has 88 valence electrons. The second-order valence-corrected chi connectivity index (χ2v) is 4.58. The van der Waals surface area contributed by atoms with Crippen molar-refractivity contribution in [2.75, 3.05) is 7.05 Å². The molecule has 0 aliphatic carbocycles. The molecule has 0 amide bonds. The Morgan fingerprint density at radius 2 is 1.76 bits per heavy atom. The average Bonchev–Trinajstić information content (AvgIpc) is 2.35. The lowest BCUT2D eigenvalue weighted by Crippen LogP contribution is -2.14. The van der Waals surface area contributed by atoms with Crippen LogP contribution in [-0.4, -0.2) is 7.05 Å². The van der Waals surface area contributed by atoms with E-state index in [4.69, 9.17) is 0 Å². The fourth-order valence-electron chi connectivity index (χ4n) is 2.18. The number of hydrogen-bond acceptors (Lipinski definition) is 1. The van der Waals surface area contributed by atoms with Crippen LogP contribution in [0.2, 0.25) is 0 Å². The molecule has 17 heavy (non-hydrogen) atoms. The van der Waals surface area contributed by atoms with Crippen molar-refractivity contribution < 1.29 is 0 Å². The molecule has 1 heteroatoms. The molecule has 2 aromatic rings. The number of hydrogen-bond donors (Lipinski definition) is 1. The van der Waals surface area contributed by atoms with Crippen LogP contribution in [0.5, 0.6) is 0 Å². The van der Waals surface area contributed by atoms with Gasteiger partial charge in [-0.2, -0.15) is 0 Å². The SMILES string of the molecule is CNC(C=C(C)C)c1cccc2ccccc12. The lowest BCUT2D eigenvalue weighted by Gasteiger charge is -2.15. The number of likely N-dealkylation sites (N-methyl/N-ethyl adjacent to an activating group) is 1. The summed E-state index contributed by atoms with van der Waals surface area (Å²) >= 11 is 0. The van der Waals surface area contributed by atoms with Crippen molar-refractivity contribution in [3.63, 3.8) is 0 Å². The molecule has 0 bridgehead atoms. The summed E-state index contributed by atoms with van der Waals surface area (Å²) in [5, 5.41) is 5.99. The zero-order valence-electron chi connectivity index (χ0n) is 10.7. The van der Waals surface area contributed by atoms with Gasteiger partial charge in [0.1, 0.15) is 0 Å². The molecule has 0 saturated carbocycles. The van der Waals surface area contributed by atoms with Crippen LogP contribution in [0, 0.1) is 0 Å². The largest absolute Gasteiger partial charge is 0.310 e. The first-order valence-electron chi connectivity index (χ1n) is 6.02. The first-order valence-corrected chi connectivity index (χ1v) is 6.02. The van der Waals surface area contributed by atoms with Crippen molar-refractivity contribution in [2.24, 2.45) is 0 Å². The van der Waals surface area contributed by atoms with Crippen LogP contribution in [0.1, 0.15) is 25.5 Å².